The van der Waals surface area contributed by atoms with Crippen molar-refractivity contribution in [3.63, 3.8) is 0 Å². The van der Waals surface area contributed by atoms with Crippen LogP contribution in [0.1, 0.15) is 16.9 Å². The first-order valence-corrected chi connectivity index (χ1v) is 9.54. The van der Waals surface area contributed by atoms with Crippen molar-refractivity contribution in [2.75, 3.05) is 13.8 Å². The molecule has 3 rings (SSSR count). The summed E-state index contributed by atoms with van der Waals surface area (Å²) in [6.07, 6.45) is -9.23. The minimum atomic E-state index is -4.98. The summed E-state index contributed by atoms with van der Waals surface area (Å²) in [5, 5.41) is 1.77. The molecular formula is C19H18F3NO5S. The fraction of sp³-hybridized carbons (Fsp3) is 0.368. The first kappa shape index (κ1) is 21.0. The third-order valence-electron chi connectivity index (χ3n) is 4.17. The predicted molar refractivity (Wildman–Crippen MR) is 98.0 cm³/mol. The maximum atomic E-state index is 13.3. The van der Waals surface area contributed by atoms with Crippen LogP contribution in [0, 0.1) is 0 Å². The van der Waals surface area contributed by atoms with Gasteiger partial charge in [-0.3, -0.25) is 4.79 Å². The van der Waals surface area contributed by atoms with Crippen molar-refractivity contribution in [3.8, 4) is 11.5 Å². The first-order chi connectivity index (χ1) is 13.7. The van der Waals surface area contributed by atoms with E-state index in [0.29, 0.717) is 17.1 Å². The Hall–Kier alpha value is -2.75. The Morgan fingerprint density at radius 2 is 2.00 bits per heavy atom. The number of fused-ring (bicyclic) bond motifs is 1. The molecule has 0 spiro atoms. The Kier molecular flexibility index (Phi) is 6.31. The molecule has 0 aliphatic carbocycles. The van der Waals surface area contributed by atoms with Crippen molar-refractivity contribution in [3.05, 3.63) is 46.2 Å². The molecule has 1 unspecified atom stereocenters. The largest absolute Gasteiger partial charge is 0.454 e. The SMILES string of the molecule is CN(Cc1ccc2c(c1)OCO2)C(=O)OC(C(=O)CCc1cccs1)C(F)(F)F. The van der Waals surface area contributed by atoms with Gasteiger partial charge in [0, 0.05) is 24.9 Å². The van der Waals surface area contributed by atoms with Crippen LogP contribution >= 0.6 is 11.3 Å². The highest BCUT2D eigenvalue weighted by Gasteiger charge is 2.48. The molecule has 1 atom stereocenters. The van der Waals surface area contributed by atoms with Gasteiger partial charge < -0.3 is 19.1 Å². The molecular weight excluding hydrogens is 411 g/mol. The second-order valence-electron chi connectivity index (χ2n) is 6.39. The summed E-state index contributed by atoms with van der Waals surface area (Å²) in [5.74, 6) is -0.149. The topological polar surface area (TPSA) is 65.1 Å². The van der Waals surface area contributed by atoms with Crippen molar-refractivity contribution < 1.29 is 37.0 Å². The van der Waals surface area contributed by atoms with Crippen molar-refractivity contribution in [1.82, 2.24) is 4.90 Å². The minimum Gasteiger partial charge on any atom is -0.454 e. The van der Waals surface area contributed by atoms with E-state index in [0.717, 1.165) is 9.78 Å². The normalized spacial score (nSPS) is 13.8. The van der Waals surface area contributed by atoms with Gasteiger partial charge in [0.2, 0.25) is 6.79 Å². The predicted octanol–water partition coefficient (Wildman–Crippen LogP) is 4.18. The van der Waals surface area contributed by atoms with Crippen LogP contribution in [0.15, 0.2) is 35.7 Å². The fourth-order valence-electron chi connectivity index (χ4n) is 2.72. The Labute approximate surface area is 168 Å². The lowest BCUT2D eigenvalue weighted by atomic mass is 10.1. The second kappa shape index (κ2) is 8.73. The molecule has 1 aliphatic heterocycles. The molecule has 10 heteroatoms. The van der Waals surface area contributed by atoms with Crippen molar-refractivity contribution in [2.45, 2.75) is 31.7 Å². The number of nitrogens with zero attached hydrogens (tertiary/aromatic N) is 1. The lowest BCUT2D eigenvalue weighted by molar-refractivity contribution is -0.205. The van der Waals surface area contributed by atoms with E-state index < -0.39 is 24.2 Å². The summed E-state index contributed by atoms with van der Waals surface area (Å²) in [6, 6.07) is 8.40. The minimum absolute atomic E-state index is 0.0244. The monoisotopic (exact) mass is 429 g/mol. The van der Waals surface area contributed by atoms with Crippen LogP contribution in [-0.2, 0) is 22.5 Å². The maximum absolute atomic E-state index is 13.3. The number of halogens is 3. The molecule has 1 amide bonds. The smallest absolute Gasteiger partial charge is 0.432 e. The zero-order valence-corrected chi connectivity index (χ0v) is 16.2. The lowest BCUT2D eigenvalue weighted by Gasteiger charge is -2.23. The van der Waals surface area contributed by atoms with E-state index in [4.69, 9.17) is 9.47 Å². The van der Waals surface area contributed by atoms with E-state index in [1.807, 2.05) is 0 Å². The molecule has 0 radical (unpaired) electrons. The molecule has 2 aromatic rings. The molecule has 6 nitrogen and oxygen atoms in total. The van der Waals surface area contributed by atoms with Crippen LogP contribution in [0.5, 0.6) is 11.5 Å². The van der Waals surface area contributed by atoms with Crippen LogP contribution in [0.4, 0.5) is 18.0 Å². The van der Waals surface area contributed by atoms with Gasteiger partial charge in [-0.05, 0) is 35.6 Å². The zero-order chi connectivity index (χ0) is 21.0. The van der Waals surface area contributed by atoms with Gasteiger partial charge in [0.05, 0.1) is 0 Å². The number of ketones is 1. The lowest BCUT2D eigenvalue weighted by Crippen LogP contribution is -2.43. The van der Waals surface area contributed by atoms with Gasteiger partial charge >= 0.3 is 12.3 Å². The Balaban J connectivity index is 1.60. The van der Waals surface area contributed by atoms with Gasteiger partial charge in [-0.15, -0.1) is 11.3 Å². The number of alkyl halides is 3. The highest BCUT2D eigenvalue weighted by atomic mass is 32.1. The van der Waals surface area contributed by atoms with E-state index in [1.165, 1.54) is 18.4 Å². The number of carbonyl (C=O) groups is 2. The van der Waals surface area contributed by atoms with Crippen molar-refractivity contribution in [1.29, 1.82) is 0 Å². The number of aryl methyl sites for hydroxylation is 1. The summed E-state index contributed by atoms with van der Waals surface area (Å²) < 4.78 is 54.8. The summed E-state index contributed by atoms with van der Waals surface area (Å²) in [7, 11) is 1.29. The zero-order valence-electron chi connectivity index (χ0n) is 15.4. The molecule has 0 N–H and O–H groups in total. The van der Waals surface area contributed by atoms with Gasteiger partial charge in [-0.2, -0.15) is 13.2 Å². The van der Waals surface area contributed by atoms with Crippen LogP contribution in [0.3, 0.4) is 0 Å². The fourth-order valence-corrected chi connectivity index (χ4v) is 3.42. The van der Waals surface area contributed by atoms with Crippen LogP contribution in [0.25, 0.3) is 0 Å². The average Bonchev–Trinajstić information content (AvgIpc) is 3.34. The molecule has 1 aromatic carbocycles. The maximum Gasteiger partial charge on any atom is 0.432 e. The number of hydrogen-bond acceptors (Lipinski definition) is 6. The second-order valence-corrected chi connectivity index (χ2v) is 7.43. The summed E-state index contributed by atoms with van der Waals surface area (Å²) in [6.45, 7) is 0.0565. The van der Waals surface area contributed by atoms with Gasteiger partial charge in [-0.1, -0.05) is 12.1 Å². The van der Waals surface area contributed by atoms with Gasteiger partial charge in [0.15, 0.2) is 17.3 Å². The average molecular weight is 429 g/mol. The van der Waals surface area contributed by atoms with E-state index in [1.54, 1.807) is 35.7 Å². The van der Waals surface area contributed by atoms with E-state index in [9.17, 15) is 22.8 Å². The number of rotatable bonds is 7. The van der Waals surface area contributed by atoms with Crippen LogP contribution in [0.2, 0.25) is 0 Å². The molecule has 1 aliphatic rings. The number of ether oxygens (including phenoxy) is 3. The number of carbonyl (C=O) groups excluding carboxylic acids is 2. The molecule has 156 valence electrons. The summed E-state index contributed by atoms with van der Waals surface area (Å²) in [5.41, 5.74) is 0.612. The molecule has 0 saturated carbocycles. The van der Waals surface area contributed by atoms with E-state index >= 15 is 0 Å². The molecule has 29 heavy (non-hydrogen) atoms. The summed E-state index contributed by atoms with van der Waals surface area (Å²) >= 11 is 1.34. The van der Waals surface area contributed by atoms with E-state index in [2.05, 4.69) is 4.74 Å². The quantitative estimate of drug-likeness (QED) is 0.661. The summed E-state index contributed by atoms with van der Waals surface area (Å²) in [4.78, 5) is 26.0. The number of thiophene rings is 1. The molecule has 1 aromatic heterocycles. The number of Topliss-reactive ketones (excluding diaryl/α,β-unsaturated/α-hetero) is 1. The highest BCUT2D eigenvalue weighted by molar-refractivity contribution is 7.09. The van der Waals surface area contributed by atoms with Crippen LogP contribution < -0.4 is 9.47 Å². The first-order valence-electron chi connectivity index (χ1n) is 8.66. The van der Waals surface area contributed by atoms with Gasteiger partial charge in [0.25, 0.3) is 6.10 Å². The molecule has 2 heterocycles. The van der Waals surface area contributed by atoms with Crippen LogP contribution in [-0.4, -0.2) is 42.9 Å². The van der Waals surface area contributed by atoms with Crippen molar-refractivity contribution in [2.24, 2.45) is 0 Å². The molecule has 0 fully saturated rings. The number of benzene rings is 1. The number of amides is 1. The number of hydrogen-bond donors (Lipinski definition) is 0. The van der Waals surface area contributed by atoms with Crippen molar-refractivity contribution >= 4 is 23.2 Å². The highest BCUT2D eigenvalue weighted by Crippen LogP contribution is 2.33. The molecule has 0 saturated heterocycles. The third kappa shape index (κ3) is 5.41. The van der Waals surface area contributed by atoms with Gasteiger partial charge in [0.1, 0.15) is 0 Å². The Bertz CT molecular complexity index is 869. The third-order valence-corrected chi connectivity index (χ3v) is 5.11. The molecule has 0 bridgehead atoms. The van der Waals surface area contributed by atoms with E-state index in [-0.39, 0.29) is 26.2 Å². The Morgan fingerprint density at radius 1 is 1.24 bits per heavy atom. The Morgan fingerprint density at radius 3 is 2.69 bits per heavy atom. The van der Waals surface area contributed by atoms with Gasteiger partial charge in [-0.25, -0.2) is 4.79 Å². The standard InChI is InChI=1S/C19H18F3NO5S/c1-23(10-12-4-7-15-16(9-12)27-11-26-15)18(25)28-17(19(20,21)22)14(24)6-5-13-3-2-8-29-13/h2-4,7-9,17H,5-6,10-11H2,1H3.